The van der Waals surface area contributed by atoms with Crippen LogP contribution in [0.15, 0.2) is 34.3 Å². The molecule has 2 N–H and O–H groups in total. The molecule has 1 atom stereocenters. The van der Waals surface area contributed by atoms with Crippen molar-refractivity contribution in [2.45, 2.75) is 17.9 Å². The maximum Gasteiger partial charge on any atom is 0.323 e. The first-order chi connectivity index (χ1) is 8.90. The summed E-state index contributed by atoms with van der Waals surface area (Å²) in [7, 11) is -2.63. The van der Waals surface area contributed by atoms with Gasteiger partial charge >= 0.3 is 5.97 Å². The van der Waals surface area contributed by atoms with E-state index in [2.05, 4.69) is 14.6 Å². The summed E-state index contributed by atoms with van der Waals surface area (Å²) in [4.78, 5) is 11.2. The molecule has 0 saturated carbocycles. The number of hydrogen-bond acceptors (Lipinski definition) is 6. The van der Waals surface area contributed by atoms with Crippen molar-refractivity contribution in [3.05, 3.63) is 29.8 Å². The highest BCUT2D eigenvalue weighted by molar-refractivity contribution is 7.89. The molecule has 7 nitrogen and oxygen atoms in total. The van der Waals surface area contributed by atoms with Crippen LogP contribution in [-0.2, 0) is 19.6 Å². The summed E-state index contributed by atoms with van der Waals surface area (Å²) in [6, 6.07) is 4.63. The van der Waals surface area contributed by atoms with E-state index in [-0.39, 0.29) is 4.90 Å². The molecule has 0 radical (unpaired) electrons. The minimum atomic E-state index is -3.80. The molecule has 0 unspecified atom stereocenters. The van der Waals surface area contributed by atoms with Crippen LogP contribution >= 0.6 is 0 Å². The number of oxime groups is 1. The minimum absolute atomic E-state index is 0.00153. The van der Waals surface area contributed by atoms with E-state index in [1.165, 1.54) is 44.5 Å². The van der Waals surface area contributed by atoms with E-state index < -0.39 is 22.0 Å². The van der Waals surface area contributed by atoms with Crippen molar-refractivity contribution in [1.29, 1.82) is 0 Å². The Bertz CT molecular complexity index is 565. The van der Waals surface area contributed by atoms with Crippen molar-refractivity contribution in [1.82, 2.24) is 4.72 Å². The van der Waals surface area contributed by atoms with Crippen LogP contribution in [0.25, 0.3) is 0 Å². The lowest BCUT2D eigenvalue weighted by molar-refractivity contribution is -0.142. The topological polar surface area (TPSA) is 105 Å². The molecule has 8 heteroatoms. The SMILES string of the molecule is COC(=O)[C@@H](C)NS(=O)(=O)c1ccc(/C=N/O)cc1. The molecule has 1 aromatic carbocycles. The van der Waals surface area contributed by atoms with Gasteiger partial charge in [0.05, 0.1) is 18.2 Å². The number of hydrogen-bond donors (Lipinski definition) is 2. The van der Waals surface area contributed by atoms with Gasteiger partial charge < -0.3 is 9.94 Å². The van der Waals surface area contributed by atoms with Crippen molar-refractivity contribution in [3.63, 3.8) is 0 Å². The average molecular weight is 286 g/mol. The Kier molecular flexibility index (Phi) is 5.02. The van der Waals surface area contributed by atoms with Crippen molar-refractivity contribution in [2.24, 2.45) is 5.16 Å². The fraction of sp³-hybridized carbons (Fsp3) is 0.273. The second-order valence-corrected chi connectivity index (χ2v) is 5.39. The fourth-order valence-corrected chi connectivity index (χ4v) is 2.52. The smallest absolute Gasteiger partial charge is 0.323 e. The Balaban J connectivity index is 2.91. The van der Waals surface area contributed by atoms with Gasteiger partial charge in [-0.15, -0.1) is 0 Å². The zero-order valence-electron chi connectivity index (χ0n) is 10.4. The van der Waals surface area contributed by atoms with Gasteiger partial charge in [0.1, 0.15) is 6.04 Å². The predicted molar refractivity (Wildman–Crippen MR) is 67.6 cm³/mol. The highest BCUT2D eigenvalue weighted by Gasteiger charge is 2.22. The summed E-state index contributed by atoms with van der Waals surface area (Å²) < 4.78 is 30.5. The fourth-order valence-electron chi connectivity index (χ4n) is 1.33. The molecule has 1 rings (SSSR count). The van der Waals surface area contributed by atoms with E-state index in [0.29, 0.717) is 5.56 Å². The quantitative estimate of drug-likeness (QED) is 0.351. The zero-order chi connectivity index (χ0) is 14.5. The lowest BCUT2D eigenvalue weighted by Gasteiger charge is -2.12. The summed E-state index contributed by atoms with van der Waals surface area (Å²) in [5.41, 5.74) is 0.544. The van der Waals surface area contributed by atoms with E-state index in [1.807, 2.05) is 0 Å². The first-order valence-electron chi connectivity index (χ1n) is 5.28. The Morgan fingerprint density at radius 1 is 1.42 bits per heavy atom. The molecular weight excluding hydrogens is 272 g/mol. The molecule has 0 aliphatic heterocycles. The van der Waals surface area contributed by atoms with Crippen LogP contribution in [0.1, 0.15) is 12.5 Å². The molecule has 0 fully saturated rings. The van der Waals surface area contributed by atoms with Crippen molar-refractivity contribution >= 4 is 22.2 Å². The maximum atomic E-state index is 11.9. The summed E-state index contributed by atoms with van der Waals surface area (Å²) in [5, 5.41) is 11.2. The normalized spacial score (nSPS) is 13.4. The standard InChI is InChI=1S/C11H14N2O5S/c1-8(11(14)18-2)13-19(16,17)10-5-3-9(4-6-10)7-12-15/h3-8,13,15H,1-2H3/b12-7+/t8-/m1/s1. The third kappa shape index (κ3) is 4.04. The van der Waals surface area contributed by atoms with Crippen LogP contribution < -0.4 is 4.72 Å². The summed E-state index contributed by atoms with van der Waals surface area (Å²) in [6.07, 6.45) is 1.17. The average Bonchev–Trinajstić information content (AvgIpc) is 2.38. The molecule has 0 heterocycles. The van der Waals surface area contributed by atoms with E-state index in [0.717, 1.165) is 0 Å². The first-order valence-corrected chi connectivity index (χ1v) is 6.76. The maximum absolute atomic E-state index is 11.9. The predicted octanol–water partition coefficient (Wildman–Crippen LogP) is 0.334. The van der Waals surface area contributed by atoms with Crippen LogP contribution in [0.4, 0.5) is 0 Å². The number of carbonyl (C=O) groups excluding carboxylic acids is 1. The molecule has 1 aromatic rings. The Labute approximate surface area is 110 Å². The Morgan fingerprint density at radius 2 is 2.00 bits per heavy atom. The van der Waals surface area contributed by atoms with Crippen LogP contribution in [-0.4, -0.2) is 39.0 Å². The van der Waals surface area contributed by atoms with Crippen LogP contribution in [0, 0.1) is 0 Å². The summed E-state index contributed by atoms with van der Waals surface area (Å²) in [6.45, 7) is 1.39. The molecule has 0 saturated heterocycles. The molecular formula is C11H14N2O5S. The molecule has 0 aliphatic carbocycles. The number of sulfonamides is 1. The highest BCUT2D eigenvalue weighted by Crippen LogP contribution is 2.10. The first kappa shape index (κ1) is 15.1. The molecule has 0 aliphatic rings. The minimum Gasteiger partial charge on any atom is -0.468 e. The molecule has 0 spiro atoms. The number of esters is 1. The van der Waals surface area contributed by atoms with Crippen molar-refractivity contribution < 1.29 is 23.2 Å². The van der Waals surface area contributed by atoms with E-state index in [9.17, 15) is 13.2 Å². The Morgan fingerprint density at radius 3 is 2.47 bits per heavy atom. The number of carbonyl (C=O) groups is 1. The van der Waals surface area contributed by atoms with Gasteiger partial charge in [-0.05, 0) is 24.6 Å². The van der Waals surface area contributed by atoms with Gasteiger partial charge in [0.25, 0.3) is 0 Å². The number of rotatable bonds is 5. The molecule has 0 aromatic heterocycles. The van der Waals surface area contributed by atoms with Gasteiger partial charge in [-0.2, -0.15) is 4.72 Å². The third-order valence-corrected chi connectivity index (χ3v) is 3.84. The number of methoxy groups -OCH3 is 1. The lowest BCUT2D eigenvalue weighted by Crippen LogP contribution is -2.39. The summed E-state index contributed by atoms with van der Waals surface area (Å²) in [5.74, 6) is -0.674. The Hall–Kier alpha value is -1.93. The van der Waals surface area contributed by atoms with Crippen LogP contribution in [0.3, 0.4) is 0 Å². The number of nitrogens with zero attached hydrogens (tertiary/aromatic N) is 1. The number of benzene rings is 1. The monoisotopic (exact) mass is 286 g/mol. The van der Waals surface area contributed by atoms with Gasteiger partial charge in [-0.3, -0.25) is 4.79 Å². The van der Waals surface area contributed by atoms with Gasteiger partial charge in [0, 0.05) is 0 Å². The second-order valence-electron chi connectivity index (χ2n) is 3.68. The second kappa shape index (κ2) is 6.30. The molecule has 0 amide bonds. The zero-order valence-corrected chi connectivity index (χ0v) is 11.2. The molecule has 104 valence electrons. The lowest BCUT2D eigenvalue weighted by atomic mass is 10.2. The highest BCUT2D eigenvalue weighted by atomic mass is 32.2. The van der Waals surface area contributed by atoms with E-state index >= 15 is 0 Å². The summed E-state index contributed by atoms with van der Waals surface area (Å²) >= 11 is 0. The van der Waals surface area contributed by atoms with Gasteiger partial charge in [-0.25, -0.2) is 8.42 Å². The van der Waals surface area contributed by atoms with Gasteiger partial charge in [0.15, 0.2) is 0 Å². The van der Waals surface area contributed by atoms with Gasteiger partial charge in [0.2, 0.25) is 10.0 Å². The van der Waals surface area contributed by atoms with Crippen molar-refractivity contribution in [2.75, 3.05) is 7.11 Å². The largest absolute Gasteiger partial charge is 0.468 e. The number of nitrogens with one attached hydrogen (secondary N) is 1. The van der Waals surface area contributed by atoms with E-state index in [1.54, 1.807) is 0 Å². The van der Waals surface area contributed by atoms with E-state index in [4.69, 9.17) is 5.21 Å². The van der Waals surface area contributed by atoms with Crippen molar-refractivity contribution in [3.8, 4) is 0 Å². The molecule has 0 bridgehead atoms. The van der Waals surface area contributed by atoms with Crippen LogP contribution in [0.2, 0.25) is 0 Å². The molecule has 19 heavy (non-hydrogen) atoms. The van der Waals surface area contributed by atoms with Gasteiger partial charge in [-0.1, -0.05) is 17.3 Å². The van der Waals surface area contributed by atoms with Crippen LogP contribution in [0.5, 0.6) is 0 Å². The third-order valence-electron chi connectivity index (χ3n) is 2.28. The number of ether oxygens (including phenoxy) is 1.